The second-order valence-electron chi connectivity index (χ2n) is 9.65. The van der Waals surface area contributed by atoms with Crippen molar-refractivity contribution in [2.24, 2.45) is 11.8 Å². The average Bonchev–Trinajstić information content (AvgIpc) is 3.19. The molecule has 0 aromatic heterocycles. The van der Waals surface area contributed by atoms with Crippen LogP contribution in [0, 0.1) is 11.8 Å². The van der Waals surface area contributed by atoms with Crippen LogP contribution in [0.25, 0.3) is 11.1 Å². The van der Waals surface area contributed by atoms with Gasteiger partial charge in [0, 0.05) is 31.0 Å². The van der Waals surface area contributed by atoms with Gasteiger partial charge in [-0.25, -0.2) is 4.79 Å². The van der Waals surface area contributed by atoms with Gasteiger partial charge in [0.15, 0.2) is 0 Å². The Hall–Kier alpha value is -3.35. The summed E-state index contributed by atoms with van der Waals surface area (Å²) in [6, 6.07) is 16.3. The van der Waals surface area contributed by atoms with E-state index in [9.17, 15) is 19.5 Å². The van der Waals surface area contributed by atoms with Gasteiger partial charge in [-0.1, -0.05) is 61.9 Å². The molecule has 0 aliphatic heterocycles. The second-order valence-corrected chi connectivity index (χ2v) is 9.65. The Bertz CT molecular complexity index is 1040. The first-order valence-electron chi connectivity index (χ1n) is 12.5. The van der Waals surface area contributed by atoms with Crippen molar-refractivity contribution in [1.29, 1.82) is 0 Å². The third-order valence-electron chi connectivity index (χ3n) is 7.30. The Kier molecular flexibility index (Phi) is 7.73. The van der Waals surface area contributed by atoms with Gasteiger partial charge >= 0.3 is 12.1 Å². The van der Waals surface area contributed by atoms with Crippen LogP contribution in [0.2, 0.25) is 0 Å². The Morgan fingerprint density at radius 3 is 2.29 bits per heavy atom. The highest BCUT2D eigenvalue weighted by molar-refractivity contribution is 5.80. The third kappa shape index (κ3) is 5.50. The number of nitrogens with zero attached hydrogens (tertiary/aromatic N) is 1. The molecule has 1 fully saturated rings. The van der Waals surface area contributed by atoms with Gasteiger partial charge < -0.3 is 20.1 Å². The van der Waals surface area contributed by atoms with E-state index in [1.165, 1.54) is 22.3 Å². The number of fused-ring (bicyclic) bond motifs is 3. The smallest absolute Gasteiger partial charge is 0.407 e. The molecule has 0 spiro atoms. The molecule has 0 radical (unpaired) electrons. The van der Waals surface area contributed by atoms with Crippen LogP contribution in [-0.2, 0) is 14.3 Å². The molecule has 0 heterocycles. The molecule has 2 aliphatic rings. The molecule has 4 rings (SSSR count). The number of carbonyl (C=O) groups is 3. The van der Waals surface area contributed by atoms with E-state index < -0.39 is 18.0 Å². The zero-order valence-corrected chi connectivity index (χ0v) is 20.4. The SMILES string of the molecule is CCN(CC(C)C(=O)O)C(=O)C1CCCC(NC(=O)OCC2c3ccccc3-c3ccccc32)C1. The van der Waals surface area contributed by atoms with Gasteiger partial charge in [0.2, 0.25) is 5.91 Å². The van der Waals surface area contributed by atoms with Gasteiger partial charge in [0.05, 0.1) is 5.92 Å². The van der Waals surface area contributed by atoms with Crippen molar-refractivity contribution in [3.63, 3.8) is 0 Å². The lowest BCUT2D eigenvalue weighted by Crippen LogP contribution is -2.45. The summed E-state index contributed by atoms with van der Waals surface area (Å²) in [6.45, 7) is 4.40. The molecular weight excluding hydrogens is 444 g/mol. The number of aliphatic carboxylic acids is 1. The third-order valence-corrected chi connectivity index (χ3v) is 7.30. The molecule has 0 bridgehead atoms. The van der Waals surface area contributed by atoms with Crippen LogP contribution in [0.1, 0.15) is 56.6 Å². The van der Waals surface area contributed by atoms with Crippen molar-refractivity contribution in [3.05, 3.63) is 59.7 Å². The summed E-state index contributed by atoms with van der Waals surface area (Å²) in [5, 5.41) is 12.2. The fourth-order valence-electron chi connectivity index (χ4n) is 5.39. The largest absolute Gasteiger partial charge is 0.481 e. The van der Waals surface area contributed by atoms with Crippen molar-refractivity contribution < 1.29 is 24.2 Å². The van der Waals surface area contributed by atoms with E-state index in [2.05, 4.69) is 29.6 Å². The van der Waals surface area contributed by atoms with Crippen molar-refractivity contribution in [1.82, 2.24) is 10.2 Å². The summed E-state index contributed by atoms with van der Waals surface area (Å²) in [5.41, 5.74) is 4.70. The molecule has 2 aromatic carbocycles. The highest BCUT2D eigenvalue weighted by Crippen LogP contribution is 2.44. The van der Waals surface area contributed by atoms with Crippen LogP contribution in [0.3, 0.4) is 0 Å². The number of carbonyl (C=O) groups excluding carboxylic acids is 2. The summed E-state index contributed by atoms with van der Waals surface area (Å²) < 4.78 is 5.68. The molecule has 2 aromatic rings. The van der Waals surface area contributed by atoms with Crippen LogP contribution < -0.4 is 5.32 Å². The first kappa shape index (κ1) is 24.8. The number of nitrogens with one attached hydrogen (secondary N) is 1. The minimum absolute atomic E-state index is 0.00293. The first-order chi connectivity index (χ1) is 16.9. The standard InChI is InChI=1S/C28H34N2O5/c1-3-30(16-18(2)27(32)33)26(31)19-9-8-10-20(15-19)29-28(34)35-17-25-23-13-6-4-11-21(23)22-12-5-7-14-24(22)25/h4-7,11-14,18-20,25H,3,8-10,15-17H2,1-2H3,(H,29,34)(H,32,33). The molecule has 3 atom stereocenters. The Morgan fingerprint density at radius 1 is 1.06 bits per heavy atom. The Morgan fingerprint density at radius 2 is 1.69 bits per heavy atom. The quantitative estimate of drug-likeness (QED) is 0.576. The number of rotatable bonds is 8. The lowest BCUT2D eigenvalue weighted by atomic mass is 9.84. The van der Waals surface area contributed by atoms with Crippen LogP contribution in [0.5, 0.6) is 0 Å². The van der Waals surface area contributed by atoms with E-state index in [0.717, 1.165) is 19.3 Å². The highest BCUT2D eigenvalue weighted by Gasteiger charge is 2.33. The monoisotopic (exact) mass is 478 g/mol. The van der Waals surface area contributed by atoms with Crippen LogP contribution in [-0.4, -0.2) is 53.7 Å². The van der Waals surface area contributed by atoms with Crippen molar-refractivity contribution in [3.8, 4) is 11.1 Å². The van der Waals surface area contributed by atoms with Crippen molar-refractivity contribution in [2.45, 2.75) is 51.5 Å². The van der Waals surface area contributed by atoms with Gasteiger partial charge in [0.1, 0.15) is 6.61 Å². The lowest BCUT2D eigenvalue weighted by molar-refractivity contribution is -0.144. The number of ether oxygens (including phenoxy) is 1. The number of carboxylic acid groups (broad SMARTS) is 1. The van der Waals surface area contributed by atoms with E-state index in [1.807, 2.05) is 31.2 Å². The minimum Gasteiger partial charge on any atom is -0.481 e. The van der Waals surface area contributed by atoms with Gasteiger partial charge in [-0.15, -0.1) is 0 Å². The Labute approximate surface area is 206 Å². The summed E-state index contributed by atoms with van der Waals surface area (Å²) in [7, 11) is 0. The van der Waals surface area contributed by atoms with Crippen LogP contribution >= 0.6 is 0 Å². The fraction of sp³-hybridized carbons (Fsp3) is 0.464. The van der Waals surface area contributed by atoms with E-state index in [1.54, 1.807) is 11.8 Å². The number of carboxylic acids is 1. The summed E-state index contributed by atoms with van der Waals surface area (Å²) >= 11 is 0. The van der Waals surface area contributed by atoms with Gasteiger partial charge in [-0.3, -0.25) is 9.59 Å². The average molecular weight is 479 g/mol. The minimum atomic E-state index is -0.908. The molecular formula is C28H34N2O5. The highest BCUT2D eigenvalue weighted by atomic mass is 16.5. The van der Waals surface area contributed by atoms with Gasteiger partial charge in [0.25, 0.3) is 0 Å². The fourth-order valence-corrected chi connectivity index (χ4v) is 5.39. The molecule has 2 N–H and O–H groups in total. The van der Waals surface area contributed by atoms with Gasteiger partial charge in [-0.05, 0) is 48.4 Å². The molecule has 2 amide bonds. The first-order valence-corrected chi connectivity index (χ1v) is 12.5. The van der Waals surface area contributed by atoms with E-state index in [0.29, 0.717) is 13.0 Å². The normalized spacial score (nSPS) is 19.8. The molecule has 7 heteroatoms. The predicted molar refractivity (Wildman–Crippen MR) is 133 cm³/mol. The zero-order chi connectivity index (χ0) is 24.9. The number of benzene rings is 2. The number of alkyl carbamates (subject to hydrolysis) is 1. The van der Waals surface area contributed by atoms with Crippen molar-refractivity contribution in [2.75, 3.05) is 19.7 Å². The maximum absolute atomic E-state index is 13.0. The van der Waals surface area contributed by atoms with Crippen LogP contribution in [0.15, 0.2) is 48.5 Å². The molecule has 1 saturated carbocycles. The number of amides is 2. The summed E-state index contributed by atoms with van der Waals surface area (Å²) in [4.78, 5) is 38.6. The molecule has 3 unspecified atom stereocenters. The van der Waals surface area contributed by atoms with E-state index >= 15 is 0 Å². The maximum Gasteiger partial charge on any atom is 0.407 e. The van der Waals surface area contributed by atoms with E-state index in [4.69, 9.17) is 4.74 Å². The molecule has 2 aliphatic carbocycles. The van der Waals surface area contributed by atoms with Gasteiger partial charge in [-0.2, -0.15) is 0 Å². The topological polar surface area (TPSA) is 95.9 Å². The summed E-state index contributed by atoms with van der Waals surface area (Å²) in [5.74, 6) is -1.77. The molecule has 7 nitrogen and oxygen atoms in total. The Balaban J connectivity index is 1.33. The lowest BCUT2D eigenvalue weighted by Gasteiger charge is -2.33. The maximum atomic E-state index is 13.0. The van der Waals surface area contributed by atoms with Crippen LogP contribution in [0.4, 0.5) is 4.79 Å². The molecule has 0 saturated heterocycles. The summed E-state index contributed by atoms with van der Waals surface area (Å²) in [6.07, 6.45) is 2.46. The molecule has 35 heavy (non-hydrogen) atoms. The molecule has 186 valence electrons. The van der Waals surface area contributed by atoms with Crippen molar-refractivity contribution >= 4 is 18.0 Å². The second kappa shape index (κ2) is 10.9. The zero-order valence-electron chi connectivity index (χ0n) is 20.4. The number of hydrogen-bond acceptors (Lipinski definition) is 4. The predicted octanol–water partition coefficient (Wildman–Crippen LogP) is 4.65. The number of hydrogen-bond donors (Lipinski definition) is 2. The van der Waals surface area contributed by atoms with E-state index in [-0.39, 0.29) is 36.9 Å².